The number of Topliss-reactive ketones (excluding diaryl/α,β-unsaturated/α-hetero) is 1. The Morgan fingerprint density at radius 2 is 1.74 bits per heavy atom. The standard InChI is InChI=1S/C16H21NO2/c18-15-7-4-11-9-3-6-14-12(5-8-16(19)17-14)10(9)1-2-13(11)15/h6,9-13H,1-5,7-8H2,(H,17,19). The largest absolute Gasteiger partial charge is 0.330 e. The number of amides is 1. The van der Waals surface area contributed by atoms with Gasteiger partial charge in [0.2, 0.25) is 5.91 Å². The molecule has 2 saturated carbocycles. The smallest absolute Gasteiger partial charge is 0.224 e. The molecule has 5 unspecified atom stereocenters. The summed E-state index contributed by atoms with van der Waals surface area (Å²) >= 11 is 0. The van der Waals surface area contributed by atoms with Gasteiger partial charge in [-0.25, -0.2) is 0 Å². The Kier molecular flexibility index (Phi) is 2.58. The monoisotopic (exact) mass is 259 g/mol. The van der Waals surface area contributed by atoms with Crippen LogP contribution in [0.4, 0.5) is 0 Å². The van der Waals surface area contributed by atoms with Gasteiger partial charge < -0.3 is 5.32 Å². The van der Waals surface area contributed by atoms with Gasteiger partial charge in [0.05, 0.1) is 0 Å². The summed E-state index contributed by atoms with van der Waals surface area (Å²) in [6.45, 7) is 0. The van der Waals surface area contributed by atoms with E-state index in [4.69, 9.17) is 0 Å². The van der Waals surface area contributed by atoms with E-state index in [1.54, 1.807) is 0 Å². The fourth-order valence-corrected chi connectivity index (χ4v) is 5.24. The Balaban J connectivity index is 1.62. The summed E-state index contributed by atoms with van der Waals surface area (Å²) in [4.78, 5) is 23.4. The summed E-state index contributed by atoms with van der Waals surface area (Å²) in [6.07, 6.45) is 9.25. The average molecular weight is 259 g/mol. The molecule has 3 fully saturated rings. The third-order valence-corrected chi connectivity index (χ3v) is 6.06. The van der Waals surface area contributed by atoms with Crippen LogP contribution in [0.1, 0.15) is 44.9 Å². The predicted molar refractivity (Wildman–Crippen MR) is 71.0 cm³/mol. The molecule has 1 aliphatic heterocycles. The Bertz CT molecular complexity index is 467. The molecule has 5 atom stereocenters. The molecule has 0 radical (unpaired) electrons. The molecule has 0 aromatic carbocycles. The van der Waals surface area contributed by atoms with E-state index in [0.29, 0.717) is 41.8 Å². The topological polar surface area (TPSA) is 46.2 Å². The van der Waals surface area contributed by atoms with E-state index >= 15 is 0 Å². The second-order valence-electron chi connectivity index (χ2n) is 6.77. The molecule has 3 heteroatoms. The second kappa shape index (κ2) is 4.19. The fourth-order valence-electron chi connectivity index (χ4n) is 5.24. The molecule has 1 amide bonds. The number of carbonyl (C=O) groups excluding carboxylic acids is 2. The number of allylic oxidation sites excluding steroid dienone is 2. The van der Waals surface area contributed by atoms with Crippen LogP contribution in [-0.2, 0) is 9.59 Å². The number of carbonyl (C=O) groups is 2. The van der Waals surface area contributed by atoms with E-state index in [2.05, 4.69) is 11.4 Å². The minimum atomic E-state index is 0.186. The van der Waals surface area contributed by atoms with E-state index < -0.39 is 0 Å². The molecule has 102 valence electrons. The van der Waals surface area contributed by atoms with Gasteiger partial charge in [-0.05, 0) is 49.9 Å². The lowest BCUT2D eigenvalue weighted by molar-refractivity contribution is -0.123. The first-order chi connectivity index (χ1) is 9.24. The van der Waals surface area contributed by atoms with E-state index in [1.165, 1.54) is 12.1 Å². The number of nitrogens with one attached hydrogen (secondary N) is 1. The van der Waals surface area contributed by atoms with Gasteiger partial charge in [0, 0.05) is 30.4 Å². The van der Waals surface area contributed by atoms with Gasteiger partial charge >= 0.3 is 0 Å². The maximum atomic E-state index is 11.9. The van der Waals surface area contributed by atoms with Crippen molar-refractivity contribution in [1.29, 1.82) is 0 Å². The van der Waals surface area contributed by atoms with Crippen molar-refractivity contribution < 1.29 is 9.59 Å². The van der Waals surface area contributed by atoms with Gasteiger partial charge in [0.15, 0.2) is 0 Å². The lowest BCUT2D eigenvalue weighted by Gasteiger charge is -2.47. The summed E-state index contributed by atoms with van der Waals surface area (Å²) in [5, 5.41) is 3.08. The molecular formula is C16H21NO2. The fraction of sp³-hybridized carbons (Fsp3) is 0.750. The average Bonchev–Trinajstić information content (AvgIpc) is 2.80. The Morgan fingerprint density at radius 1 is 0.895 bits per heavy atom. The van der Waals surface area contributed by atoms with Crippen LogP contribution < -0.4 is 5.32 Å². The summed E-state index contributed by atoms with van der Waals surface area (Å²) in [7, 11) is 0. The molecule has 1 heterocycles. The SMILES string of the molecule is O=C1CCC2C(=CCC3C4CCC(=O)C4CCC23)N1. The van der Waals surface area contributed by atoms with Crippen molar-refractivity contribution in [2.75, 3.05) is 0 Å². The predicted octanol–water partition coefficient (Wildman–Crippen LogP) is 2.42. The third-order valence-electron chi connectivity index (χ3n) is 6.06. The van der Waals surface area contributed by atoms with Crippen LogP contribution in [0.15, 0.2) is 11.8 Å². The number of fused-ring (bicyclic) bond motifs is 5. The van der Waals surface area contributed by atoms with Gasteiger partial charge in [0.25, 0.3) is 0 Å². The number of hydrogen-bond donors (Lipinski definition) is 1. The minimum absolute atomic E-state index is 0.186. The van der Waals surface area contributed by atoms with Crippen LogP contribution in [0.3, 0.4) is 0 Å². The van der Waals surface area contributed by atoms with Crippen LogP contribution in [0, 0.1) is 29.6 Å². The van der Waals surface area contributed by atoms with Crippen molar-refractivity contribution in [3.63, 3.8) is 0 Å². The van der Waals surface area contributed by atoms with Crippen LogP contribution >= 0.6 is 0 Å². The molecule has 0 spiro atoms. The van der Waals surface area contributed by atoms with Gasteiger partial charge in [-0.3, -0.25) is 9.59 Å². The van der Waals surface area contributed by atoms with Crippen LogP contribution in [0.2, 0.25) is 0 Å². The van der Waals surface area contributed by atoms with Crippen LogP contribution in [0.5, 0.6) is 0 Å². The Labute approximate surface area is 113 Å². The molecule has 4 aliphatic rings. The van der Waals surface area contributed by atoms with E-state index in [-0.39, 0.29) is 5.91 Å². The van der Waals surface area contributed by atoms with Gasteiger partial charge in [0.1, 0.15) is 5.78 Å². The van der Waals surface area contributed by atoms with Crippen molar-refractivity contribution in [2.24, 2.45) is 29.6 Å². The molecule has 0 aromatic rings. The van der Waals surface area contributed by atoms with Gasteiger partial charge in [-0.15, -0.1) is 0 Å². The van der Waals surface area contributed by atoms with E-state index in [1.807, 2.05) is 0 Å². The van der Waals surface area contributed by atoms with Crippen molar-refractivity contribution in [2.45, 2.75) is 44.9 Å². The summed E-state index contributed by atoms with van der Waals surface area (Å²) in [5.74, 6) is 3.70. The van der Waals surface area contributed by atoms with Crippen molar-refractivity contribution >= 4 is 11.7 Å². The highest BCUT2D eigenvalue weighted by Gasteiger charge is 2.49. The first-order valence-electron chi connectivity index (χ1n) is 7.76. The maximum Gasteiger partial charge on any atom is 0.224 e. The van der Waals surface area contributed by atoms with Gasteiger partial charge in [-0.1, -0.05) is 6.08 Å². The van der Waals surface area contributed by atoms with Crippen molar-refractivity contribution in [1.82, 2.24) is 5.32 Å². The van der Waals surface area contributed by atoms with Crippen LogP contribution in [-0.4, -0.2) is 11.7 Å². The molecule has 4 rings (SSSR count). The quantitative estimate of drug-likeness (QED) is 0.726. The van der Waals surface area contributed by atoms with Crippen LogP contribution in [0.25, 0.3) is 0 Å². The zero-order valence-corrected chi connectivity index (χ0v) is 11.2. The Hall–Kier alpha value is -1.12. The first kappa shape index (κ1) is 11.7. The lowest BCUT2D eigenvalue weighted by Crippen LogP contribution is -2.45. The molecule has 3 nitrogen and oxygen atoms in total. The normalized spacial score (nSPS) is 44.8. The Morgan fingerprint density at radius 3 is 2.63 bits per heavy atom. The number of piperidine rings is 1. The summed E-state index contributed by atoms with van der Waals surface area (Å²) in [5.41, 5.74) is 1.19. The zero-order valence-electron chi connectivity index (χ0n) is 11.2. The highest BCUT2D eigenvalue weighted by Crippen LogP contribution is 2.53. The second-order valence-corrected chi connectivity index (χ2v) is 6.77. The molecule has 0 bridgehead atoms. The third kappa shape index (κ3) is 1.70. The van der Waals surface area contributed by atoms with Crippen molar-refractivity contribution in [3.8, 4) is 0 Å². The number of ketones is 1. The molecule has 3 aliphatic carbocycles. The molecule has 19 heavy (non-hydrogen) atoms. The lowest BCUT2D eigenvalue weighted by atomic mass is 9.59. The highest BCUT2D eigenvalue weighted by atomic mass is 16.1. The van der Waals surface area contributed by atoms with E-state index in [0.717, 1.165) is 32.1 Å². The number of hydrogen-bond acceptors (Lipinski definition) is 2. The maximum absolute atomic E-state index is 11.9. The van der Waals surface area contributed by atoms with E-state index in [9.17, 15) is 9.59 Å². The number of rotatable bonds is 0. The van der Waals surface area contributed by atoms with Crippen molar-refractivity contribution in [3.05, 3.63) is 11.8 Å². The highest BCUT2D eigenvalue weighted by molar-refractivity contribution is 5.83. The zero-order chi connectivity index (χ0) is 13.0. The molecular weight excluding hydrogens is 238 g/mol. The first-order valence-corrected chi connectivity index (χ1v) is 7.76. The van der Waals surface area contributed by atoms with Gasteiger partial charge in [-0.2, -0.15) is 0 Å². The molecule has 0 aromatic heterocycles. The summed E-state index contributed by atoms with van der Waals surface area (Å²) < 4.78 is 0. The molecule has 1 N–H and O–H groups in total. The minimum Gasteiger partial charge on any atom is -0.330 e. The molecule has 1 saturated heterocycles. The summed E-state index contributed by atoms with van der Waals surface area (Å²) in [6, 6.07) is 0.